The second kappa shape index (κ2) is 6.71. The van der Waals surface area contributed by atoms with Gasteiger partial charge < -0.3 is 16.0 Å². The van der Waals surface area contributed by atoms with Gasteiger partial charge >= 0.3 is 0 Å². The Balaban J connectivity index is 2.80. The Morgan fingerprint density at radius 3 is 2.58 bits per heavy atom. The molecule has 1 rings (SSSR count). The van der Waals surface area contributed by atoms with Crippen LogP contribution in [0.25, 0.3) is 0 Å². The van der Waals surface area contributed by atoms with Gasteiger partial charge in [0.25, 0.3) is 0 Å². The molecule has 1 aliphatic rings. The van der Waals surface area contributed by atoms with E-state index >= 15 is 0 Å². The Bertz CT molecular complexity index is 302. The van der Waals surface area contributed by atoms with Crippen molar-refractivity contribution >= 4 is 5.91 Å². The molecule has 0 aromatic carbocycles. The lowest BCUT2D eigenvalue weighted by Crippen LogP contribution is -2.61. The van der Waals surface area contributed by atoms with Crippen LogP contribution in [0.3, 0.4) is 0 Å². The van der Waals surface area contributed by atoms with Crippen molar-refractivity contribution in [1.82, 2.24) is 10.2 Å². The van der Waals surface area contributed by atoms with Gasteiger partial charge in [0.2, 0.25) is 5.91 Å². The van der Waals surface area contributed by atoms with Crippen LogP contribution in [0.1, 0.15) is 53.4 Å². The summed E-state index contributed by atoms with van der Waals surface area (Å²) in [5.41, 5.74) is 5.17. The zero-order chi connectivity index (χ0) is 14.6. The quantitative estimate of drug-likeness (QED) is 0.772. The Hall–Kier alpha value is -0.610. The Kier molecular flexibility index (Phi) is 5.81. The van der Waals surface area contributed by atoms with Gasteiger partial charge in [-0.3, -0.25) is 4.79 Å². The summed E-state index contributed by atoms with van der Waals surface area (Å²) in [5.74, 6) is 0.429. The van der Waals surface area contributed by atoms with Crippen molar-refractivity contribution in [2.45, 2.75) is 71.0 Å². The normalized spacial score (nSPS) is 29.7. The van der Waals surface area contributed by atoms with Crippen LogP contribution in [0.15, 0.2) is 0 Å². The predicted molar refractivity (Wildman–Crippen MR) is 79.9 cm³/mol. The molecule has 4 nitrogen and oxygen atoms in total. The van der Waals surface area contributed by atoms with Crippen LogP contribution < -0.4 is 11.1 Å². The maximum Gasteiger partial charge on any atom is 0.237 e. The van der Waals surface area contributed by atoms with Crippen molar-refractivity contribution in [3.8, 4) is 0 Å². The van der Waals surface area contributed by atoms with Crippen molar-refractivity contribution in [1.29, 1.82) is 0 Å². The number of nitrogens with zero attached hydrogens (tertiary/aromatic N) is 1. The number of likely N-dealkylation sites (N-methyl/N-ethyl adjacent to an activating group) is 1. The van der Waals surface area contributed by atoms with Crippen molar-refractivity contribution in [2.24, 2.45) is 11.7 Å². The molecule has 0 bridgehead atoms. The molecule has 1 amide bonds. The van der Waals surface area contributed by atoms with Crippen LogP contribution in [0.2, 0.25) is 0 Å². The smallest absolute Gasteiger partial charge is 0.237 e. The zero-order valence-corrected chi connectivity index (χ0v) is 13.2. The van der Waals surface area contributed by atoms with Crippen LogP contribution in [0.5, 0.6) is 0 Å². The van der Waals surface area contributed by atoms with Gasteiger partial charge in [0.1, 0.15) is 0 Å². The molecule has 1 saturated carbocycles. The minimum atomic E-state index is -0.497. The average Bonchev–Trinajstić information content (AvgIpc) is 2.37. The molecule has 112 valence electrons. The molecule has 0 spiro atoms. The SMILES string of the molecule is CCNC1(C(N)=O)CCCC(N(C)C(C)C(C)C)C1. The number of rotatable bonds is 6. The summed E-state index contributed by atoms with van der Waals surface area (Å²) in [6.07, 6.45) is 3.93. The number of carbonyl (C=O) groups excluding carboxylic acids is 1. The summed E-state index contributed by atoms with van der Waals surface area (Å²) in [4.78, 5) is 14.3. The fourth-order valence-corrected chi connectivity index (χ4v) is 3.21. The Labute approximate surface area is 118 Å². The number of hydrogen-bond donors (Lipinski definition) is 2. The van der Waals surface area contributed by atoms with Gasteiger partial charge in [-0.15, -0.1) is 0 Å². The van der Waals surface area contributed by atoms with E-state index in [2.05, 4.69) is 38.0 Å². The fraction of sp³-hybridized carbons (Fsp3) is 0.933. The van der Waals surface area contributed by atoms with E-state index in [9.17, 15) is 4.79 Å². The highest BCUT2D eigenvalue weighted by Crippen LogP contribution is 2.32. The molecule has 0 heterocycles. The van der Waals surface area contributed by atoms with Crippen LogP contribution in [-0.2, 0) is 4.79 Å². The molecule has 3 unspecified atom stereocenters. The second-order valence-corrected chi connectivity index (χ2v) is 6.38. The van der Waals surface area contributed by atoms with Crippen molar-refractivity contribution in [3.05, 3.63) is 0 Å². The average molecular weight is 269 g/mol. The third kappa shape index (κ3) is 3.69. The predicted octanol–water partition coefficient (Wildman–Crippen LogP) is 1.74. The van der Waals surface area contributed by atoms with E-state index in [1.165, 1.54) is 0 Å². The minimum absolute atomic E-state index is 0.190. The number of amides is 1. The van der Waals surface area contributed by atoms with Crippen LogP contribution in [0, 0.1) is 5.92 Å². The van der Waals surface area contributed by atoms with Crippen molar-refractivity contribution < 1.29 is 4.79 Å². The highest BCUT2D eigenvalue weighted by molar-refractivity contribution is 5.84. The van der Waals surface area contributed by atoms with E-state index in [4.69, 9.17) is 5.73 Å². The first-order chi connectivity index (χ1) is 8.84. The molecule has 0 radical (unpaired) electrons. The lowest BCUT2D eigenvalue weighted by Gasteiger charge is -2.44. The molecule has 0 aliphatic heterocycles. The number of hydrogen-bond acceptors (Lipinski definition) is 3. The van der Waals surface area contributed by atoms with Gasteiger partial charge in [0, 0.05) is 12.1 Å². The van der Waals surface area contributed by atoms with Crippen molar-refractivity contribution in [3.63, 3.8) is 0 Å². The van der Waals surface area contributed by atoms with E-state index in [1.807, 2.05) is 6.92 Å². The molecule has 4 heteroatoms. The molecule has 19 heavy (non-hydrogen) atoms. The van der Waals surface area contributed by atoms with Crippen LogP contribution in [0.4, 0.5) is 0 Å². The summed E-state index contributed by atoms with van der Waals surface area (Å²) in [5, 5.41) is 3.35. The van der Waals surface area contributed by atoms with Gasteiger partial charge in [0.15, 0.2) is 0 Å². The molecule has 1 fully saturated rings. The molecule has 0 aromatic heterocycles. The van der Waals surface area contributed by atoms with Gasteiger partial charge in [-0.2, -0.15) is 0 Å². The monoisotopic (exact) mass is 269 g/mol. The summed E-state index contributed by atoms with van der Waals surface area (Å²) in [6, 6.07) is 0.966. The summed E-state index contributed by atoms with van der Waals surface area (Å²) < 4.78 is 0. The third-order valence-corrected chi connectivity index (χ3v) is 4.89. The maximum absolute atomic E-state index is 11.9. The number of primary amides is 1. The first-order valence-corrected chi connectivity index (χ1v) is 7.61. The standard InChI is InChI=1S/C15H31N3O/c1-6-17-15(14(16)19)9-7-8-13(10-15)18(5)12(4)11(2)3/h11-13,17H,6-10H2,1-5H3,(H2,16,19). The van der Waals surface area contributed by atoms with E-state index < -0.39 is 5.54 Å². The molecular formula is C15H31N3O. The van der Waals surface area contributed by atoms with Crippen LogP contribution >= 0.6 is 0 Å². The first kappa shape index (κ1) is 16.4. The maximum atomic E-state index is 11.9. The molecule has 0 saturated heterocycles. The van der Waals surface area contributed by atoms with E-state index in [1.54, 1.807) is 0 Å². The van der Waals surface area contributed by atoms with Gasteiger partial charge in [-0.1, -0.05) is 20.8 Å². The zero-order valence-electron chi connectivity index (χ0n) is 13.2. The first-order valence-electron chi connectivity index (χ1n) is 7.61. The summed E-state index contributed by atoms with van der Waals surface area (Å²) >= 11 is 0. The number of nitrogens with one attached hydrogen (secondary N) is 1. The topological polar surface area (TPSA) is 58.4 Å². The van der Waals surface area contributed by atoms with E-state index in [-0.39, 0.29) is 5.91 Å². The third-order valence-electron chi connectivity index (χ3n) is 4.89. The molecule has 3 N–H and O–H groups in total. The highest BCUT2D eigenvalue weighted by Gasteiger charge is 2.42. The largest absolute Gasteiger partial charge is 0.368 e. The number of nitrogens with two attached hydrogens (primary N) is 1. The molecule has 1 aliphatic carbocycles. The summed E-state index contributed by atoms with van der Waals surface area (Å²) in [6.45, 7) is 9.58. The fourth-order valence-electron chi connectivity index (χ4n) is 3.21. The lowest BCUT2D eigenvalue weighted by molar-refractivity contribution is -0.126. The summed E-state index contributed by atoms with van der Waals surface area (Å²) in [7, 11) is 2.18. The molecule has 0 aromatic rings. The van der Waals surface area contributed by atoms with Crippen LogP contribution in [-0.4, -0.2) is 42.0 Å². The van der Waals surface area contributed by atoms with Crippen molar-refractivity contribution in [2.75, 3.05) is 13.6 Å². The van der Waals surface area contributed by atoms with Gasteiger partial charge in [0.05, 0.1) is 5.54 Å². The highest BCUT2D eigenvalue weighted by atomic mass is 16.1. The Morgan fingerprint density at radius 1 is 1.47 bits per heavy atom. The Morgan fingerprint density at radius 2 is 2.11 bits per heavy atom. The molecule has 3 atom stereocenters. The number of carbonyl (C=O) groups is 1. The van der Waals surface area contributed by atoms with Gasteiger partial charge in [-0.25, -0.2) is 0 Å². The molecular weight excluding hydrogens is 238 g/mol. The van der Waals surface area contributed by atoms with E-state index in [0.29, 0.717) is 18.0 Å². The minimum Gasteiger partial charge on any atom is -0.368 e. The van der Waals surface area contributed by atoms with Gasteiger partial charge in [-0.05, 0) is 52.1 Å². The second-order valence-electron chi connectivity index (χ2n) is 6.38. The lowest BCUT2D eigenvalue weighted by atomic mass is 9.77. The van der Waals surface area contributed by atoms with E-state index in [0.717, 1.165) is 32.2 Å².